The molecule has 5 rings (SSSR count). The minimum Gasteiger partial charge on any atom is -0.489 e. The second-order valence-electron chi connectivity index (χ2n) is 9.32. The number of hydrogen-bond acceptors (Lipinski definition) is 5. The van der Waals surface area contributed by atoms with Gasteiger partial charge >= 0.3 is 5.97 Å². The fourth-order valence-electron chi connectivity index (χ4n) is 5.03. The molecule has 0 unspecified atom stereocenters. The summed E-state index contributed by atoms with van der Waals surface area (Å²) in [6, 6.07) is 27.7. The molecule has 1 aliphatic rings. The number of rotatable bonds is 8. The van der Waals surface area contributed by atoms with Crippen LogP contribution in [-0.4, -0.2) is 32.3 Å². The van der Waals surface area contributed by atoms with Gasteiger partial charge in [0.1, 0.15) is 11.9 Å². The van der Waals surface area contributed by atoms with E-state index in [4.69, 9.17) is 9.47 Å². The van der Waals surface area contributed by atoms with Crippen molar-refractivity contribution in [3.63, 3.8) is 0 Å². The zero-order valence-electron chi connectivity index (χ0n) is 20.9. The first-order chi connectivity index (χ1) is 18.0. The quantitative estimate of drug-likeness (QED) is 0.294. The van der Waals surface area contributed by atoms with Gasteiger partial charge in [0.15, 0.2) is 18.2 Å². The highest BCUT2D eigenvalue weighted by Crippen LogP contribution is 2.41. The smallest absolute Gasteiger partial charge is 0.343 e. The largest absolute Gasteiger partial charge is 0.489 e. The molecule has 0 amide bonds. The molecule has 0 spiro atoms. The van der Waals surface area contributed by atoms with Crippen LogP contribution in [0.15, 0.2) is 84.9 Å². The summed E-state index contributed by atoms with van der Waals surface area (Å²) in [5.74, 6) is -0.264. The molecule has 1 aliphatic heterocycles. The Bertz CT molecular complexity index is 1400. The number of carbonyl (C=O) groups is 1. The standard InChI is InChI=1S/C31H30FNO4/c1-20(24-12-7-9-21-8-3-4-10-25(21)24)33-18-23-17-27(26-11-5-6-13-29(26)37-23)22-14-15-30(28(32)16-22)36-19-31(34)35-2/h3-16,20,23,27,33H,17-19H2,1-2H3/t20-,23-,27+/m1/s1. The van der Waals surface area contributed by atoms with Gasteiger partial charge in [-0.3, -0.25) is 0 Å². The summed E-state index contributed by atoms with van der Waals surface area (Å²) in [5, 5.41) is 6.11. The molecule has 5 nitrogen and oxygen atoms in total. The van der Waals surface area contributed by atoms with Crippen molar-refractivity contribution >= 4 is 16.7 Å². The lowest BCUT2D eigenvalue weighted by Gasteiger charge is -2.33. The summed E-state index contributed by atoms with van der Waals surface area (Å²) in [4.78, 5) is 11.4. The van der Waals surface area contributed by atoms with Gasteiger partial charge in [-0.25, -0.2) is 9.18 Å². The lowest BCUT2D eigenvalue weighted by atomic mass is 9.84. The van der Waals surface area contributed by atoms with E-state index < -0.39 is 11.8 Å². The maximum Gasteiger partial charge on any atom is 0.343 e. The summed E-state index contributed by atoms with van der Waals surface area (Å²) in [5.41, 5.74) is 3.12. The zero-order valence-corrected chi connectivity index (χ0v) is 20.9. The van der Waals surface area contributed by atoms with Gasteiger partial charge in [0, 0.05) is 24.1 Å². The monoisotopic (exact) mass is 499 g/mol. The Morgan fingerprint density at radius 2 is 1.84 bits per heavy atom. The fraction of sp³-hybridized carbons (Fsp3) is 0.258. The third-order valence-corrected chi connectivity index (χ3v) is 6.96. The summed E-state index contributed by atoms with van der Waals surface area (Å²) in [6.07, 6.45) is 0.615. The molecule has 0 radical (unpaired) electrons. The van der Waals surface area contributed by atoms with Crippen LogP contribution >= 0.6 is 0 Å². The maximum atomic E-state index is 14.9. The highest BCUT2D eigenvalue weighted by molar-refractivity contribution is 5.86. The predicted octanol–water partition coefficient (Wildman–Crippen LogP) is 6.16. The Morgan fingerprint density at radius 3 is 2.68 bits per heavy atom. The van der Waals surface area contributed by atoms with Crippen molar-refractivity contribution in [3.8, 4) is 11.5 Å². The number of halogens is 1. The van der Waals surface area contributed by atoms with Crippen LogP contribution in [0.25, 0.3) is 10.8 Å². The van der Waals surface area contributed by atoms with Crippen molar-refractivity contribution < 1.29 is 23.4 Å². The maximum absolute atomic E-state index is 14.9. The van der Waals surface area contributed by atoms with Gasteiger partial charge in [-0.1, -0.05) is 66.7 Å². The number of ether oxygens (including phenoxy) is 3. The van der Waals surface area contributed by atoms with Crippen molar-refractivity contribution in [2.24, 2.45) is 0 Å². The number of carbonyl (C=O) groups excluding carboxylic acids is 1. The molecule has 0 bridgehead atoms. The molecule has 37 heavy (non-hydrogen) atoms. The normalized spacial score (nSPS) is 17.5. The van der Waals surface area contributed by atoms with Gasteiger partial charge in [-0.15, -0.1) is 0 Å². The molecular weight excluding hydrogens is 469 g/mol. The van der Waals surface area contributed by atoms with Crippen LogP contribution in [0.5, 0.6) is 11.5 Å². The molecular formula is C31H30FNO4. The minimum atomic E-state index is -0.560. The summed E-state index contributed by atoms with van der Waals surface area (Å²) >= 11 is 0. The molecule has 3 atom stereocenters. The molecule has 6 heteroatoms. The molecule has 0 saturated heterocycles. The first kappa shape index (κ1) is 24.8. The number of benzene rings is 4. The summed E-state index contributed by atoms with van der Waals surface area (Å²) in [6.45, 7) is 2.48. The number of fused-ring (bicyclic) bond motifs is 2. The molecule has 0 fully saturated rings. The van der Waals surface area contributed by atoms with E-state index in [1.54, 1.807) is 6.07 Å². The third-order valence-electron chi connectivity index (χ3n) is 6.96. The van der Waals surface area contributed by atoms with Crippen molar-refractivity contribution in [2.75, 3.05) is 20.3 Å². The van der Waals surface area contributed by atoms with E-state index >= 15 is 0 Å². The van der Waals surface area contributed by atoms with Crippen molar-refractivity contribution in [2.45, 2.75) is 31.4 Å². The van der Waals surface area contributed by atoms with Gasteiger partial charge in [0.05, 0.1) is 7.11 Å². The van der Waals surface area contributed by atoms with Crippen molar-refractivity contribution in [1.29, 1.82) is 0 Å². The number of para-hydroxylation sites is 1. The van der Waals surface area contributed by atoms with Crippen LogP contribution in [0, 0.1) is 5.82 Å². The molecule has 1 heterocycles. The van der Waals surface area contributed by atoms with Crippen LogP contribution in [-0.2, 0) is 9.53 Å². The van der Waals surface area contributed by atoms with Crippen molar-refractivity contribution in [3.05, 3.63) is 107 Å². The van der Waals surface area contributed by atoms with E-state index in [-0.39, 0.29) is 30.4 Å². The van der Waals surface area contributed by atoms with Gasteiger partial charge < -0.3 is 19.5 Å². The topological polar surface area (TPSA) is 56.8 Å². The molecule has 190 valence electrons. The second kappa shape index (κ2) is 11.0. The summed E-state index contributed by atoms with van der Waals surface area (Å²) in [7, 11) is 1.27. The highest BCUT2D eigenvalue weighted by atomic mass is 19.1. The van der Waals surface area contributed by atoms with E-state index in [1.165, 1.54) is 29.5 Å². The van der Waals surface area contributed by atoms with Gasteiger partial charge in [0.2, 0.25) is 0 Å². The highest BCUT2D eigenvalue weighted by Gasteiger charge is 2.30. The van der Waals surface area contributed by atoms with E-state index in [0.717, 1.165) is 16.9 Å². The molecule has 0 aromatic heterocycles. The van der Waals surface area contributed by atoms with Crippen LogP contribution < -0.4 is 14.8 Å². The fourth-order valence-corrected chi connectivity index (χ4v) is 5.03. The van der Waals surface area contributed by atoms with E-state index in [9.17, 15) is 9.18 Å². The number of methoxy groups -OCH3 is 1. The molecule has 4 aromatic rings. The van der Waals surface area contributed by atoms with Crippen molar-refractivity contribution in [1.82, 2.24) is 5.32 Å². The Balaban J connectivity index is 1.33. The first-order valence-corrected chi connectivity index (χ1v) is 12.5. The average molecular weight is 500 g/mol. The molecule has 4 aromatic carbocycles. The molecule has 0 aliphatic carbocycles. The average Bonchev–Trinajstić information content (AvgIpc) is 2.94. The van der Waals surface area contributed by atoms with E-state index in [0.29, 0.717) is 13.0 Å². The third kappa shape index (κ3) is 5.44. The Labute approximate surface area is 216 Å². The van der Waals surface area contributed by atoms with Gasteiger partial charge in [-0.05, 0) is 53.4 Å². The lowest BCUT2D eigenvalue weighted by Crippen LogP contribution is -2.37. The molecule has 0 saturated carbocycles. The van der Waals surface area contributed by atoms with E-state index in [2.05, 4.69) is 59.4 Å². The second-order valence-corrected chi connectivity index (χ2v) is 9.32. The Hall–Kier alpha value is -3.90. The summed E-state index contributed by atoms with van der Waals surface area (Å²) < 4.78 is 31.1. The van der Waals surface area contributed by atoms with E-state index in [1.807, 2.05) is 30.3 Å². The zero-order chi connectivity index (χ0) is 25.8. The predicted molar refractivity (Wildman–Crippen MR) is 142 cm³/mol. The Kier molecular flexibility index (Phi) is 7.37. The van der Waals surface area contributed by atoms with Crippen LogP contribution in [0.2, 0.25) is 0 Å². The van der Waals surface area contributed by atoms with Crippen LogP contribution in [0.1, 0.15) is 42.0 Å². The number of nitrogens with one attached hydrogen (secondary N) is 1. The Morgan fingerprint density at radius 1 is 1.05 bits per heavy atom. The SMILES string of the molecule is COC(=O)COc1ccc([C@@H]2C[C@H](CN[C@H](C)c3cccc4ccccc34)Oc3ccccc32)cc1F. The van der Waals surface area contributed by atoms with Crippen LogP contribution in [0.4, 0.5) is 4.39 Å². The van der Waals surface area contributed by atoms with Gasteiger partial charge in [0.25, 0.3) is 0 Å². The number of hydrogen-bond donors (Lipinski definition) is 1. The first-order valence-electron chi connectivity index (χ1n) is 12.5. The van der Waals surface area contributed by atoms with Gasteiger partial charge in [-0.2, -0.15) is 0 Å². The lowest BCUT2D eigenvalue weighted by molar-refractivity contribution is -0.142. The molecule has 1 N–H and O–H groups in total. The number of esters is 1. The minimum absolute atomic E-state index is 0.0247. The van der Waals surface area contributed by atoms with Crippen LogP contribution in [0.3, 0.4) is 0 Å².